The summed E-state index contributed by atoms with van der Waals surface area (Å²) < 4.78 is 13.6. The number of halogens is 1. The smallest absolute Gasteiger partial charge is 0.149 e. The van der Waals surface area contributed by atoms with Gasteiger partial charge in [0.2, 0.25) is 0 Å². The number of rotatable bonds is 6. The highest BCUT2D eigenvalue weighted by atomic mass is 19.1. The third-order valence-electron chi connectivity index (χ3n) is 2.94. The molecule has 4 nitrogen and oxygen atoms in total. The molecule has 1 aromatic heterocycles. The van der Waals surface area contributed by atoms with E-state index in [4.69, 9.17) is 0 Å². The maximum Gasteiger partial charge on any atom is 0.149 e. The van der Waals surface area contributed by atoms with Gasteiger partial charge in [-0.05, 0) is 45.6 Å². The first-order valence-electron chi connectivity index (χ1n) is 6.46. The van der Waals surface area contributed by atoms with Gasteiger partial charge in [0.25, 0.3) is 0 Å². The van der Waals surface area contributed by atoms with Gasteiger partial charge < -0.3 is 10.2 Å². The van der Waals surface area contributed by atoms with Gasteiger partial charge in [-0.3, -0.25) is 0 Å². The van der Waals surface area contributed by atoms with Crippen LogP contribution in [0.3, 0.4) is 0 Å². The lowest BCUT2D eigenvalue weighted by Crippen LogP contribution is -2.14. The highest BCUT2D eigenvalue weighted by Gasteiger charge is 2.06. The Balaban J connectivity index is 1.99. The highest BCUT2D eigenvalue weighted by Crippen LogP contribution is 2.20. The first-order chi connectivity index (χ1) is 9.18. The number of nitrogens with one attached hydrogen (secondary N) is 1. The summed E-state index contributed by atoms with van der Waals surface area (Å²) in [5, 5.41) is 3.98. The Bertz CT molecular complexity index is 542. The van der Waals surface area contributed by atoms with Crippen LogP contribution in [-0.2, 0) is 0 Å². The topological polar surface area (TPSA) is 41.0 Å². The van der Waals surface area contributed by atoms with Crippen LogP contribution in [0.1, 0.15) is 12.8 Å². The maximum atomic E-state index is 13.6. The SMILES string of the molecule is CN(C)CCCCNc1ncnc2c(F)cccc12. The van der Waals surface area contributed by atoms with Crippen molar-refractivity contribution in [2.45, 2.75) is 12.8 Å². The van der Waals surface area contributed by atoms with Crippen LogP contribution in [0.15, 0.2) is 24.5 Å². The number of fused-ring (bicyclic) bond motifs is 1. The fourth-order valence-corrected chi connectivity index (χ4v) is 1.95. The number of unbranched alkanes of at least 4 members (excludes halogenated alkanes) is 1. The number of anilines is 1. The molecule has 0 aliphatic rings. The summed E-state index contributed by atoms with van der Waals surface area (Å²) in [4.78, 5) is 10.3. The van der Waals surface area contributed by atoms with Gasteiger partial charge in [-0.15, -0.1) is 0 Å². The minimum Gasteiger partial charge on any atom is -0.369 e. The molecule has 0 bridgehead atoms. The van der Waals surface area contributed by atoms with Gasteiger partial charge in [-0.2, -0.15) is 0 Å². The zero-order valence-corrected chi connectivity index (χ0v) is 11.4. The van der Waals surface area contributed by atoms with Crippen LogP contribution in [0, 0.1) is 5.82 Å². The van der Waals surface area contributed by atoms with E-state index in [0.29, 0.717) is 11.3 Å². The molecule has 0 fully saturated rings. The van der Waals surface area contributed by atoms with Crippen molar-refractivity contribution in [2.75, 3.05) is 32.5 Å². The second kappa shape index (κ2) is 6.43. The van der Waals surface area contributed by atoms with E-state index in [2.05, 4.69) is 34.3 Å². The zero-order chi connectivity index (χ0) is 13.7. The summed E-state index contributed by atoms with van der Waals surface area (Å²) >= 11 is 0. The largest absolute Gasteiger partial charge is 0.369 e. The third kappa shape index (κ3) is 3.61. The van der Waals surface area contributed by atoms with Crippen molar-refractivity contribution in [2.24, 2.45) is 0 Å². The minimum atomic E-state index is -0.310. The molecule has 1 N–H and O–H groups in total. The van der Waals surface area contributed by atoms with E-state index in [1.54, 1.807) is 6.07 Å². The van der Waals surface area contributed by atoms with Crippen molar-refractivity contribution >= 4 is 16.7 Å². The standard InChI is InChI=1S/C14H19FN4/c1-19(2)9-4-3-8-16-14-11-6-5-7-12(15)13(11)17-10-18-14/h5-7,10H,3-4,8-9H2,1-2H3,(H,16,17,18). The molecule has 0 saturated carbocycles. The molecule has 0 spiro atoms. The second-order valence-corrected chi connectivity index (χ2v) is 4.80. The molecule has 1 heterocycles. The Hall–Kier alpha value is -1.75. The Kier molecular flexibility index (Phi) is 4.63. The summed E-state index contributed by atoms with van der Waals surface area (Å²) in [6.07, 6.45) is 3.57. The van der Waals surface area contributed by atoms with E-state index in [-0.39, 0.29) is 5.82 Å². The first kappa shape index (κ1) is 13.7. The average molecular weight is 262 g/mol. The normalized spacial score (nSPS) is 11.2. The molecule has 0 aliphatic heterocycles. The van der Waals surface area contributed by atoms with Crippen LogP contribution in [-0.4, -0.2) is 42.1 Å². The molecule has 0 saturated heterocycles. The Morgan fingerprint density at radius 1 is 1.21 bits per heavy atom. The summed E-state index contributed by atoms with van der Waals surface area (Å²) in [5.41, 5.74) is 0.369. The van der Waals surface area contributed by atoms with Gasteiger partial charge in [0.15, 0.2) is 0 Å². The average Bonchev–Trinajstić information content (AvgIpc) is 2.39. The highest BCUT2D eigenvalue weighted by molar-refractivity contribution is 5.89. The van der Waals surface area contributed by atoms with Crippen LogP contribution in [0.4, 0.5) is 10.2 Å². The Labute approximate surface area is 112 Å². The van der Waals surface area contributed by atoms with E-state index in [1.165, 1.54) is 12.4 Å². The Morgan fingerprint density at radius 2 is 2.05 bits per heavy atom. The molecule has 0 radical (unpaired) electrons. The fraction of sp³-hybridized carbons (Fsp3) is 0.429. The molecule has 2 rings (SSSR count). The summed E-state index contributed by atoms with van der Waals surface area (Å²) in [5.74, 6) is 0.393. The van der Waals surface area contributed by atoms with Gasteiger partial charge in [0.05, 0.1) is 0 Å². The number of hydrogen-bond donors (Lipinski definition) is 1. The van der Waals surface area contributed by atoms with Crippen LogP contribution in [0.5, 0.6) is 0 Å². The van der Waals surface area contributed by atoms with E-state index < -0.39 is 0 Å². The number of benzene rings is 1. The maximum absolute atomic E-state index is 13.6. The van der Waals surface area contributed by atoms with Crippen molar-refractivity contribution in [3.63, 3.8) is 0 Å². The molecule has 1 aromatic carbocycles. The van der Waals surface area contributed by atoms with E-state index >= 15 is 0 Å². The van der Waals surface area contributed by atoms with Crippen molar-refractivity contribution in [1.82, 2.24) is 14.9 Å². The van der Waals surface area contributed by atoms with Crippen molar-refractivity contribution < 1.29 is 4.39 Å². The van der Waals surface area contributed by atoms with Crippen molar-refractivity contribution in [3.05, 3.63) is 30.3 Å². The van der Waals surface area contributed by atoms with Crippen LogP contribution < -0.4 is 5.32 Å². The molecular weight excluding hydrogens is 243 g/mol. The lowest BCUT2D eigenvalue weighted by molar-refractivity contribution is 0.396. The van der Waals surface area contributed by atoms with Crippen LogP contribution in [0.25, 0.3) is 10.9 Å². The molecule has 2 aromatic rings. The predicted molar refractivity (Wildman–Crippen MR) is 75.8 cm³/mol. The minimum absolute atomic E-state index is 0.310. The molecule has 0 aliphatic carbocycles. The van der Waals surface area contributed by atoms with Gasteiger partial charge in [0, 0.05) is 11.9 Å². The monoisotopic (exact) mass is 262 g/mol. The number of para-hydroxylation sites is 1. The molecule has 102 valence electrons. The van der Waals surface area contributed by atoms with Gasteiger partial charge >= 0.3 is 0 Å². The van der Waals surface area contributed by atoms with Gasteiger partial charge in [0.1, 0.15) is 23.5 Å². The summed E-state index contributed by atoms with van der Waals surface area (Å²) in [6, 6.07) is 4.93. The van der Waals surface area contributed by atoms with E-state index in [1.807, 2.05) is 6.07 Å². The number of hydrogen-bond acceptors (Lipinski definition) is 4. The number of nitrogens with zero attached hydrogens (tertiary/aromatic N) is 3. The van der Waals surface area contributed by atoms with Crippen molar-refractivity contribution in [3.8, 4) is 0 Å². The first-order valence-corrected chi connectivity index (χ1v) is 6.46. The molecule has 0 atom stereocenters. The van der Waals surface area contributed by atoms with Crippen molar-refractivity contribution in [1.29, 1.82) is 0 Å². The molecule has 0 unspecified atom stereocenters. The number of aromatic nitrogens is 2. The Morgan fingerprint density at radius 3 is 2.84 bits per heavy atom. The fourth-order valence-electron chi connectivity index (χ4n) is 1.95. The lowest BCUT2D eigenvalue weighted by Gasteiger charge is -2.10. The quantitative estimate of drug-likeness (QED) is 0.812. The lowest BCUT2D eigenvalue weighted by atomic mass is 10.2. The van der Waals surface area contributed by atoms with Gasteiger partial charge in [-0.25, -0.2) is 14.4 Å². The second-order valence-electron chi connectivity index (χ2n) is 4.80. The van der Waals surface area contributed by atoms with Crippen LogP contribution >= 0.6 is 0 Å². The van der Waals surface area contributed by atoms with Crippen LogP contribution in [0.2, 0.25) is 0 Å². The van der Waals surface area contributed by atoms with Gasteiger partial charge in [-0.1, -0.05) is 6.07 Å². The summed E-state index contributed by atoms with van der Waals surface area (Å²) in [7, 11) is 4.13. The molecule has 0 amide bonds. The van der Waals surface area contributed by atoms with E-state index in [0.717, 1.165) is 31.3 Å². The van der Waals surface area contributed by atoms with E-state index in [9.17, 15) is 4.39 Å². The third-order valence-corrected chi connectivity index (χ3v) is 2.94. The predicted octanol–water partition coefficient (Wildman–Crippen LogP) is 2.52. The molecular formula is C14H19FN4. The molecule has 19 heavy (non-hydrogen) atoms. The summed E-state index contributed by atoms with van der Waals surface area (Å²) in [6.45, 7) is 1.90. The molecule has 5 heteroatoms. The zero-order valence-electron chi connectivity index (χ0n) is 11.4.